The molecule has 0 radical (unpaired) electrons. The molecule has 0 aliphatic heterocycles. The molecule has 1 aromatic heterocycles. The second-order valence-corrected chi connectivity index (χ2v) is 3.73. The molecule has 4 heteroatoms. The second kappa shape index (κ2) is 4.47. The molecule has 0 saturated heterocycles. The van der Waals surface area contributed by atoms with Crippen LogP contribution in [0.1, 0.15) is 17.0 Å². The van der Waals surface area contributed by atoms with Crippen molar-refractivity contribution < 1.29 is 4.52 Å². The molecule has 78 valence electrons. The Labute approximate surface area is 92.8 Å². The Morgan fingerprint density at radius 3 is 2.87 bits per heavy atom. The minimum absolute atomic E-state index is 0.402. The Balaban J connectivity index is 2.14. The van der Waals surface area contributed by atoms with Gasteiger partial charge in [-0.1, -0.05) is 28.9 Å². The molecule has 1 heterocycles. The maximum atomic E-state index is 5.88. The second-order valence-electron chi connectivity index (χ2n) is 3.30. The number of rotatable bonds is 3. The van der Waals surface area contributed by atoms with Crippen molar-refractivity contribution in [2.75, 3.05) is 0 Å². The first-order chi connectivity index (χ1) is 7.28. The lowest BCUT2D eigenvalue weighted by Gasteiger charge is -1.97. The summed E-state index contributed by atoms with van der Waals surface area (Å²) in [6, 6.07) is 9.53. The van der Waals surface area contributed by atoms with E-state index in [1.54, 1.807) is 0 Å². The number of nitrogens with zero attached hydrogens (tertiary/aromatic N) is 1. The summed E-state index contributed by atoms with van der Waals surface area (Å²) in [7, 11) is 0. The molecule has 0 aliphatic rings. The third-order valence-corrected chi connectivity index (χ3v) is 2.32. The van der Waals surface area contributed by atoms with Crippen LogP contribution in [0.25, 0.3) is 0 Å². The van der Waals surface area contributed by atoms with E-state index in [2.05, 4.69) is 5.16 Å². The molecular formula is C11H11ClN2O. The van der Waals surface area contributed by atoms with Crippen LogP contribution in [-0.4, -0.2) is 5.16 Å². The van der Waals surface area contributed by atoms with Crippen LogP contribution in [0, 0.1) is 0 Å². The maximum Gasteiger partial charge on any atom is 0.141 e. The average Bonchev–Trinajstić information content (AvgIpc) is 2.65. The smallest absolute Gasteiger partial charge is 0.141 e. The maximum absolute atomic E-state index is 5.88. The Bertz CT molecular complexity index is 453. The first kappa shape index (κ1) is 10.2. The van der Waals surface area contributed by atoms with E-state index in [0.717, 1.165) is 22.0 Å². The summed E-state index contributed by atoms with van der Waals surface area (Å²) >= 11 is 5.88. The van der Waals surface area contributed by atoms with Gasteiger partial charge in [0, 0.05) is 24.1 Å². The number of aromatic nitrogens is 1. The predicted octanol–water partition coefficient (Wildman–Crippen LogP) is 2.38. The van der Waals surface area contributed by atoms with Crippen molar-refractivity contribution in [3.05, 3.63) is 52.4 Å². The fraction of sp³-hybridized carbons (Fsp3) is 0.182. The molecule has 0 unspecified atom stereocenters. The van der Waals surface area contributed by atoms with E-state index in [4.69, 9.17) is 21.9 Å². The zero-order valence-electron chi connectivity index (χ0n) is 8.11. The molecule has 0 saturated carbocycles. The molecule has 0 spiro atoms. The molecule has 2 aromatic rings. The first-order valence-electron chi connectivity index (χ1n) is 4.67. The van der Waals surface area contributed by atoms with Crippen LogP contribution >= 0.6 is 11.6 Å². The highest BCUT2D eigenvalue weighted by atomic mass is 35.5. The monoisotopic (exact) mass is 222 g/mol. The summed E-state index contributed by atoms with van der Waals surface area (Å²) in [5.74, 6) is 0.803. The SMILES string of the molecule is NCc1cc(Cc2cccc(Cl)c2)on1. The highest BCUT2D eigenvalue weighted by molar-refractivity contribution is 6.30. The van der Waals surface area contributed by atoms with Crippen molar-refractivity contribution in [2.45, 2.75) is 13.0 Å². The molecular weight excluding hydrogens is 212 g/mol. The summed E-state index contributed by atoms with van der Waals surface area (Å²) in [6.07, 6.45) is 0.688. The third kappa shape index (κ3) is 2.58. The van der Waals surface area contributed by atoms with Gasteiger partial charge in [0.25, 0.3) is 0 Å². The van der Waals surface area contributed by atoms with Gasteiger partial charge in [-0.15, -0.1) is 0 Å². The van der Waals surface area contributed by atoms with E-state index in [9.17, 15) is 0 Å². The Morgan fingerprint density at radius 1 is 1.33 bits per heavy atom. The lowest BCUT2D eigenvalue weighted by Crippen LogP contribution is -1.95. The molecule has 0 amide bonds. The molecule has 2 N–H and O–H groups in total. The molecule has 0 atom stereocenters. The van der Waals surface area contributed by atoms with Gasteiger partial charge in [-0.25, -0.2) is 0 Å². The van der Waals surface area contributed by atoms with Crippen LogP contribution in [0.5, 0.6) is 0 Å². The highest BCUT2D eigenvalue weighted by Gasteiger charge is 2.04. The molecule has 0 bridgehead atoms. The normalized spacial score (nSPS) is 10.5. The Hall–Kier alpha value is -1.32. The van der Waals surface area contributed by atoms with Crippen LogP contribution in [0.4, 0.5) is 0 Å². The fourth-order valence-corrected chi connectivity index (χ4v) is 1.60. The average molecular weight is 223 g/mol. The zero-order chi connectivity index (χ0) is 10.7. The van der Waals surface area contributed by atoms with Crippen molar-refractivity contribution in [1.82, 2.24) is 5.16 Å². The number of benzene rings is 1. The van der Waals surface area contributed by atoms with Crippen molar-refractivity contribution >= 4 is 11.6 Å². The van der Waals surface area contributed by atoms with E-state index in [1.165, 1.54) is 0 Å². The van der Waals surface area contributed by atoms with Crippen molar-refractivity contribution in [1.29, 1.82) is 0 Å². The van der Waals surface area contributed by atoms with Gasteiger partial charge < -0.3 is 10.3 Å². The van der Waals surface area contributed by atoms with Crippen molar-refractivity contribution in [3.63, 3.8) is 0 Å². The van der Waals surface area contributed by atoms with E-state index < -0.39 is 0 Å². The number of halogens is 1. The third-order valence-electron chi connectivity index (χ3n) is 2.08. The standard InChI is InChI=1S/C11H11ClN2O/c12-9-3-1-2-8(4-9)5-11-6-10(7-13)14-15-11/h1-4,6H,5,7,13H2. The summed E-state index contributed by atoms with van der Waals surface area (Å²) in [5, 5.41) is 4.55. The van der Waals surface area contributed by atoms with Crippen molar-refractivity contribution in [3.8, 4) is 0 Å². The number of nitrogens with two attached hydrogens (primary N) is 1. The van der Waals surface area contributed by atoms with Crippen LogP contribution in [0.3, 0.4) is 0 Å². The lowest BCUT2D eigenvalue weighted by atomic mass is 10.1. The number of hydrogen-bond acceptors (Lipinski definition) is 3. The molecule has 0 aliphatic carbocycles. The van der Waals surface area contributed by atoms with E-state index in [1.807, 2.05) is 30.3 Å². The van der Waals surface area contributed by atoms with Gasteiger partial charge in [0.2, 0.25) is 0 Å². The lowest BCUT2D eigenvalue weighted by molar-refractivity contribution is 0.383. The summed E-state index contributed by atoms with van der Waals surface area (Å²) in [5.41, 5.74) is 7.31. The summed E-state index contributed by atoms with van der Waals surface area (Å²) < 4.78 is 5.13. The molecule has 3 nitrogen and oxygen atoms in total. The van der Waals surface area contributed by atoms with Gasteiger partial charge in [0.05, 0.1) is 5.69 Å². The van der Waals surface area contributed by atoms with Gasteiger partial charge in [-0.2, -0.15) is 0 Å². The Morgan fingerprint density at radius 2 is 2.20 bits per heavy atom. The summed E-state index contributed by atoms with van der Waals surface area (Å²) in [6.45, 7) is 0.402. The minimum Gasteiger partial charge on any atom is -0.361 e. The van der Waals surface area contributed by atoms with Crippen molar-refractivity contribution in [2.24, 2.45) is 5.73 Å². The molecule has 2 rings (SSSR count). The van der Waals surface area contributed by atoms with Gasteiger partial charge >= 0.3 is 0 Å². The highest BCUT2D eigenvalue weighted by Crippen LogP contribution is 2.15. The quantitative estimate of drug-likeness (QED) is 0.868. The van der Waals surface area contributed by atoms with Crippen LogP contribution in [0.2, 0.25) is 5.02 Å². The van der Waals surface area contributed by atoms with E-state index in [0.29, 0.717) is 13.0 Å². The largest absolute Gasteiger partial charge is 0.361 e. The molecule has 15 heavy (non-hydrogen) atoms. The van der Waals surface area contributed by atoms with Gasteiger partial charge in [-0.3, -0.25) is 0 Å². The van der Waals surface area contributed by atoms with Gasteiger partial charge in [0.15, 0.2) is 0 Å². The Kier molecular flexibility index (Phi) is 3.04. The van der Waals surface area contributed by atoms with Gasteiger partial charge in [-0.05, 0) is 17.7 Å². The fourth-order valence-electron chi connectivity index (χ4n) is 1.38. The minimum atomic E-state index is 0.402. The molecule has 0 fully saturated rings. The number of hydrogen-bond donors (Lipinski definition) is 1. The van der Waals surface area contributed by atoms with Crippen LogP contribution in [0.15, 0.2) is 34.9 Å². The topological polar surface area (TPSA) is 52.0 Å². The van der Waals surface area contributed by atoms with E-state index in [-0.39, 0.29) is 0 Å². The van der Waals surface area contributed by atoms with E-state index >= 15 is 0 Å². The van der Waals surface area contributed by atoms with Crippen LogP contribution < -0.4 is 5.73 Å². The molecule has 1 aromatic carbocycles. The predicted molar refractivity (Wildman–Crippen MR) is 58.7 cm³/mol. The summed E-state index contributed by atoms with van der Waals surface area (Å²) in [4.78, 5) is 0. The van der Waals surface area contributed by atoms with Crippen LogP contribution in [-0.2, 0) is 13.0 Å². The zero-order valence-corrected chi connectivity index (χ0v) is 8.87. The first-order valence-corrected chi connectivity index (χ1v) is 5.04. The van der Waals surface area contributed by atoms with Gasteiger partial charge in [0.1, 0.15) is 5.76 Å².